The van der Waals surface area contributed by atoms with Gasteiger partial charge in [0.05, 0.1) is 5.56 Å². The molecule has 0 spiro atoms. The molecule has 0 saturated carbocycles. The van der Waals surface area contributed by atoms with Crippen LogP contribution in [-0.2, 0) is 18.8 Å². The standard InChI is InChI=1S/C20H18ClF3N4O2/c1-19(2,30-13-7-5-12(21)6-8-13)18-27-26-17(28(18)3)14-9-4-11(16(25)29)10-15(14)20(22,23)24/h4-10H,1-3H3,(H2,25,29). The van der Waals surface area contributed by atoms with Crippen molar-refractivity contribution in [2.75, 3.05) is 0 Å². The lowest BCUT2D eigenvalue weighted by Crippen LogP contribution is -2.29. The number of rotatable bonds is 5. The van der Waals surface area contributed by atoms with Gasteiger partial charge in [0.25, 0.3) is 0 Å². The van der Waals surface area contributed by atoms with E-state index in [9.17, 15) is 18.0 Å². The molecule has 1 amide bonds. The highest BCUT2D eigenvalue weighted by Gasteiger charge is 2.37. The zero-order valence-corrected chi connectivity index (χ0v) is 17.0. The Balaban J connectivity index is 2.04. The van der Waals surface area contributed by atoms with Crippen molar-refractivity contribution in [1.29, 1.82) is 0 Å². The van der Waals surface area contributed by atoms with Crippen LogP contribution >= 0.6 is 11.6 Å². The molecule has 10 heteroatoms. The summed E-state index contributed by atoms with van der Waals surface area (Å²) in [6.45, 7) is 3.44. The molecule has 0 aliphatic rings. The summed E-state index contributed by atoms with van der Waals surface area (Å²) in [5, 5.41) is 8.56. The number of alkyl halides is 3. The molecule has 0 atom stereocenters. The summed E-state index contributed by atoms with van der Waals surface area (Å²) in [7, 11) is 1.54. The number of amides is 1. The summed E-state index contributed by atoms with van der Waals surface area (Å²) in [6, 6.07) is 9.75. The summed E-state index contributed by atoms with van der Waals surface area (Å²) in [5.41, 5.74) is 2.60. The summed E-state index contributed by atoms with van der Waals surface area (Å²) >= 11 is 5.88. The van der Waals surface area contributed by atoms with Gasteiger partial charge in [-0.2, -0.15) is 13.2 Å². The van der Waals surface area contributed by atoms with E-state index >= 15 is 0 Å². The molecule has 2 N–H and O–H groups in total. The van der Waals surface area contributed by atoms with E-state index in [2.05, 4.69) is 10.2 Å². The number of nitrogens with zero attached hydrogens (tertiary/aromatic N) is 3. The summed E-state index contributed by atoms with van der Waals surface area (Å²) in [4.78, 5) is 11.3. The van der Waals surface area contributed by atoms with Gasteiger partial charge >= 0.3 is 6.18 Å². The zero-order valence-electron chi connectivity index (χ0n) is 16.3. The van der Waals surface area contributed by atoms with Crippen LogP contribution in [0.2, 0.25) is 5.02 Å². The molecule has 0 fully saturated rings. The molecule has 158 valence electrons. The number of hydrogen-bond acceptors (Lipinski definition) is 4. The van der Waals surface area contributed by atoms with Crippen LogP contribution in [0.4, 0.5) is 13.2 Å². The van der Waals surface area contributed by atoms with Crippen molar-refractivity contribution < 1.29 is 22.7 Å². The van der Waals surface area contributed by atoms with Crippen LogP contribution in [0.5, 0.6) is 5.75 Å². The highest BCUT2D eigenvalue weighted by molar-refractivity contribution is 6.30. The van der Waals surface area contributed by atoms with E-state index in [1.165, 1.54) is 10.6 Å². The number of hydrogen-bond donors (Lipinski definition) is 1. The van der Waals surface area contributed by atoms with Gasteiger partial charge in [-0.05, 0) is 56.3 Å². The van der Waals surface area contributed by atoms with Gasteiger partial charge in [0.15, 0.2) is 17.2 Å². The summed E-state index contributed by atoms with van der Waals surface area (Å²) in [5.74, 6) is -0.167. The van der Waals surface area contributed by atoms with Crippen LogP contribution < -0.4 is 10.5 Å². The molecule has 6 nitrogen and oxygen atoms in total. The maximum Gasteiger partial charge on any atom is 0.417 e. The Bertz CT molecular complexity index is 1090. The fourth-order valence-corrected chi connectivity index (χ4v) is 3.18. The van der Waals surface area contributed by atoms with Gasteiger partial charge in [0.1, 0.15) is 5.75 Å². The lowest BCUT2D eigenvalue weighted by Gasteiger charge is -2.25. The van der Waals surface area contributed by atoms with Gasteiger partial charge in [-0.15, -0.1) is 10.2 Å². The fraction of sp³-hybridized carbons (Fsp3) is 0.250. The van der Waals surface area contributed by atoms with Crippen molar-refractivity contribution in [2.45, 2.75) is 25.6 Å². The second-order valence-electron chi connectivity index (χ2n) is 7.09. The van der Waals surface area contributed by atoms with Gasteiger partial charge in [-0.1, -0.05) is 11.6 Å². The number of carbonyl (C=O) groups excluding carboxylic acids is 1. The van der Waals surface area contributed by atoms with E-state index in [0.717, 1.165) is 6.07 Å². The third-order valence-electron chi connectivity index (χ3n) is 4.45. The molecule has 0 unspecified atom stereocenters. The summed E-state index contributed by atoms with van der Waals surface area (Å²) < 4.78 is 48.3. The SMILES string of the molecule is Cn1c(-c2ccc(C(N)=O)cc2C(F)(F)F)nnc1C(C)(C)Oc1ccc(Cl)cc1. The van der Waals surface area contributed by atoms with Crippen molar-refractivity contribution in [1.82, 2.24) is 14.8 Å². The lowest BCUT2D eigenvalue weighted by molar-refractivity contribution is -0.137. The van der Waals surface area contributed by atoms with E-state index in [4.69, 9.17) is 22.1 Å². The van der Waals surface area contributed by atoms with Crippen LogP contribution in [0.1, 0.15) is 35.6 Å². The van der Waals surface area contributed by atoms with Crippen molar-refractivity contribution in [3.05, 3.63) is 64.4 Å². The Hall–Kier alpha value is -3.07. The quantitative estimate of drug-likeness (QED) is 0.632. The zero-order chi connectivity index (χ0) is 22.3. The van der Waals surface area contributed by atoms with Gasteiger partial charge < -0.3 is 15.0 Å². The number of aromatic nitrogens is 3. The molecule has 0 aliphatic carbocycles. The van der Waals surface area contributed by atoms with Crippen LogP contribution in [0.25, 0.3) is 11.4 Å². The maximum absolute atomic E-state index is 13.6. The first kappa shape index (κ1) is 21.6. The first-order valence-corrected chi connectivity index (χ1v) is 9.14. The summed E-state index contributed by atoms with van der Waals surface area (Å²) in [6.07, 6.45) is -4.72. The van der Waals surface area contributed by atoms with Crippen molar-refractivity contribution >= 4 is 17.5 Å². The molecule has 3 rings (SSSR count). The van der Waals surface area contributed by atoms with Crippen LogP contribution in [0, 0.1) is 0 Å². The predicted octanol–water partition coefficient (Wildman–Crippen LogP) is 4.57. The van der Waals surface area contributed by atoms with Crippen molar-refractivity contribution in [3.63, 3.8) is 0 Å². The number of halogens is 4. The number of primary amides is 1. The Morgan fingerprint density at radius 3 is 2.30 bits per heavy atom. The molecule has 1 aromatic heterocycles. The first-order chi connectivity index (χ1) is 13.9. The van der Waals surface area contributed by atoms with Crippen LogP contribution in [-0.4, -0.2) is 20.7 Å². The largest absolute Gasteiger partial charge is 0.480 e. The number of ether oxygens (including phenoxy) is 1. The Morgan fingerprint density at radius 2 is 1.73 bits per heavy atom. The third kappa shape index (κ3) is 4.25. The average Bonchev–Trinajstić information content (AvgIpc) is 3.04. The molecule has 1 heterocycles. The van der Waals surface area contributed by atoms with Crippen molar-refractivity contribution in [3.8, 4) is 17.1 Å². The highest BCUT2D eigenvalue weighted by atomic mass is 35.5. The number of nitrogens with two attached hydrogens (primary N) is 1. The topological polar surface area (TPSA) is 83.0 Å². The van der Waals surface area contributed by atoms with E-state index in [1.54, 1.807) is 45.2 Å². The second-order valence-corrected chi connectivity index (χ2v) is 7.53. The van der Waals surface area contributed by atoms with Crippen LogP contribution in [0.15, 0.2) is 42.5 Å². The second kappa shape index (κ2) is 7.64. The minimum Gasteiger partial charge on any atom is -0.480 e. The predicted molar refractivity (Wildman–Crippen MR) is 105 cm³/mol. The molecule has 0 bridgehead atoms. The van der Waals surface area contributed by atoms with E-state index in [1.807, 2.05) is 0 Å². The minimum absolute atomic E-state index is 0.0267. The molecular weight excluding hydrogens is 421 g/mol. The molecule has 3 aromatic rings. The van der Waals surface area contributed by atoms with Gasteiger partial charge in [0, 0.05) is 23.2 Å². The Labute approximate surface area is 175 Å². The Kier molecular flexibility index (Phi) is 5.51. The molecular formula is C20H18ClF3N4O2. The van der Waals surface area contributed by atoms with E-state index in [-0.39, 0.29) is 17.0 Å². The third-order valence-corrected chi connectivity index (χ3v) is 4.70. The minimum atomic E-state index is -4.72. The van der Waals surface area contributed by atoms with E-state index < -0.39 is 23.2 Å². The van der Waals surface area contributed by atoms with Gasteiger partial charge in [-0.25, -0.2) is 0 Å². The molecule has 0 radical (unpaired) electrons. The average molecular weight is 439 g/mol. The molecule has 0 aliphatic heterocycles. The number of carbonyl (C=O) groups is 1. The van der Waals surface area contributed by atoms with Crippen LogP contribution in [0.3, 0.4) is 0 Å². The smallest absolute Gasteiger partial charge is 0.417 e. The Morgan fingerprint density at radius 1 is 1.10 bits per heavy atom. The normalized spacial score (nSPS) is 12.1. The molecule has 0 saturated heterocycles. The monoisotopic (exact) mass is 438 g/mol. The molecule has 2 aromatic carbocycles. The lowest BCUT2D eigenvalue weighted by atomic mass is 10.0. The maximum atomic E-state index is 13.6. The van der Waals surface area contributed by atoms with E-state index in [0.29, 0.717) is 22.7 Å². The van der Waals surface area contributed by atoms with Gasteiger partial charge in [0.2, 0.25) is 5.91 Å². The fourth-order valence-electron chi connectivity index (χ4n) is 3.06. The molecule has 30 heavy (non-hydrogen) atoms. The number of benzene rings is 2. The van der Waals surface area contributed by atoms with Gasteiger partial charge in [-0.3, -0.25) is 4.79 Å². The first-order valence-electron chi connectivity index (χ1n) is 8.76. The highest BCUT2D eigenvalue weighted by Crippen LogP contribution is 2.38. The van der Waals surface area contributed by atoms with Crippen molar-refractivity contribution in [2.24, 2.45) is 12.8 Å².